The maximum atomic E-state index is 12.4. The number of allylic oxidation sites excluding steroid dienone is 3. The van der Waals surface area contributed by atoms with E-state index in [1.165, 1.54) is 11.1 Å². The molecule has 0 saturated carbocycles. The van der Waals surface area contributed by atoms with Crippen LogP contribution in [-0.2, 0) is 7.05 Å². The van der Waals surface area contributed by atoms with Gasteiger partial charge in [-0.3, -0.25) is 14.5 Å². The minimum absolute atomic E-state index is 0.0707. The molecule has 3 aromatic carbocycles. The fourth-order valence-electron chi connectivity index (χ4n) is 3.57. The van der Waals surface area contributed by atoms with Gasteiger partial charge in [-0.15, -0.1) is 6.58 Å². The minimum Gasteiger partial charge on any atom is -0.289 e. The summed E-state index contributed by atoms with van der Waals surface area (Å²) >= 11 is 5.84. The molecule has 5 heteroatoms. The third kappa shape index (κ3) is 12.7. The Labute approximate surface area is 262 Å². The lowest BCUT2D eigenvalue weighted by molar-refractivity contribution is 0.103. The lowest BCUT2D eigenvalue weighted by Gasteiger charge is -2.03. The number of hydrogen-bond donors (Lipinski definition) is 0. The normalized spacial score (nSPS) is 9.07. The molecule has 0 bridgehead atoms. The van der Waals surface area contributed by atoms with Gasteiger partial charge in [0.15, 0.2) is 5.78 Å². The number of ketones is 1. The smallest absolute Gasteiger partial charge is 0.194 e. The summed E-state index contributed by atoms with van der Waals surface area (Å²) in [6.45, 7) is 17.9. The van der Waals surface area contributed by atoms with E-state index in [1.54, 1.807) is 59.4 Å². The molecular formula is C38H42ClN3O. The monoisotopic (exact) mass is 591 g/mol. The van der Waals surface area contributed by atoms with E-state index in [0.29, 0.717) is 16.1 Å². The summed E-state index contributed by atoms with van der Waals surface area (Å²) in [5, 5.41) is 4.91. The maximum absolute atomic E-state index is 12.4. The van der Waals surface area contributed by atoms with E-state index in [0.717, 1.165) is 17.0 Å². The van der Waals surface area contributed by atoms with Gasteiger partial charge in [0.1, 0.15) is 0 Å². The van der Waals surface area contributed by atoms with Crippen molar-refractivity contribution in [1.82, 2.24) is 14.8 Å². The quantitative estimate of drug-likeness (QED) is 0.116. The van der Waals surface area contributed by atoms with Gasteiger partial charge >= 0.3 is 0 Å². The van der Waals surface area contributed by atoms with Crippen LogP contribution in [0.3, 0.4) is 0 Å². The molecule has 43 heavy (non-hydrogen) atoms. The highest BCUT2D eigenvalue weighted by Gasteiger charge is 2.12. The van der Waals surface area contributed by atoms with E-state index < -0.39 is 0 Å². The molecule has 2 heterocycles. The summed E-state index contributed by atoms with van der Waals surface area (Å²) in [5.41, 5.74) is 6.37. The molecule has 0 unspecified atom stereocenters. The van der Waals surface area contributed by atoms with Crippen molar-refractivity contribution >= 4 is 17.4 Å². The molecule has 5 rings (SSSR count). The number of hydrogen-bond acceptors (Lipinski definition) is 3. The van der Waals surface area contributed by atoms with Gasteiger partial charge in [0.25, 0.3) is 0 Å². The third-order valence-corrected chi connectivity index (χ3v) is 5.72. The Kier molecular flexibility index (Phi) is 17.7. The Morgan fingerprint density at radius 3 is 1.60 bits per heavy atom. The van der Waals surface area contributed by atoms with Crippen molar-refractivity contribution in [2.24, 2.45) is 7.05 Å². The van der Waals surface area contributed by atoms with Crippen molar-refractivity contribution in [3.63, 3.8) is 0 Å². The Bertz CT molecular complexity index is 1460. The molecule has 4 nitrogen and oxygen atoms in total. The maximum Gasteiger partial charge on any atom is 0.194 e. The molecule has 0 amide bonds. The highest BCUT2D eigenvalue weighted by molar-refractivity contribution is 6.30. The zero-order valence-corrected chi connectivity index (χ0v) is 26.6. The number of carbonyl (C=O) groups excluding carboxylic acids is 1. The number of aryl methyl sites for hydroxylation is 2. The Morgan fingerprint density at radius 2 is 1.23 bits per heavy atom. The first-order chi connectivity index (χ1) is 20.8. The number of pyridine rings is 1. The number of benzene rings is 3. The second-order valence-electron chi connectivity index (χ2n) is 8.68. The molecular weight excluding hydrogens is 550 g/mol. The van der Waals surface area contributed by atoms with Gasteiger partial charge in [-0.1, -0.05) is 117 Å². The van der Waals surface area contributed by atoms with E-state index in [4.69, 9.17) is 11.6 Å². The average Bonchev–Trinajstić information content (AvgIpc) is 3.41. The summed E-state index contributed by atoms with van der Waals surface area (Å²) < 4.78 is 1.75. The number of carbonyl (C=O) groups is 1. The highest BCUT2D eigenvalue weighted by Crippen LogP contribution is 2.21. The topological polar surface area (TPSA) is 47.8 Å². The van der Waals surface area contributed by atoms with Crippen LogP contribution in [0.5, 0.6) is 0 Å². The van der Waals surface area contributed by atoms with Crippen LogP contribution in [0.15, 0.2) is 147 Å². The second kappa shape index (κ2) is 21.0. The number of aromatic nitrogens is 3. The summed E-state index contributed by atoms with van der Waals surface area (Å²) in [6, 6.07) is 31.2. The van der Waals surface area contributed by atoms with Gasteiger partial charge in [-0.05, 0) is 61.4 Å². The van der Waals surface area contributed by atoms with Crippen LogP contribution in [0.25, 0.3) is 22.4 Å². The second-order valence-corrected chi connectivity index (χ2v) is 9.12. The van der Waals surface area contributed by atoms with Crippen molar-refractivity contribution < 1.29 is 4.79 Å². The highest BCUT2D eigenvalue weighted by atomic mass is 35.5. The van der Waals surface area contributed by atoms with Gasteiger partial charge in [0, 0.05) is 41.2 Å². The summed E-state index contributed by atoms with van der Waals surface area (Å²) in [4.78, 5) is 16.8. The first kappa shape index (κ1) is 36.2. The molecule has 0 radical (unpaired) electrons. The lowest BCUT2D eigenvalue weighted by atomic mass is 10.0. The van der Waals surface area contributed by atoms with E-state index in [2.05, 4.69) is 78.4 Å². The Balaban J connectivity index is 0.000000368. The van der Waals surface area contributed by atoms with E-state index in [-0.39, 0.29) is 5.78 Å². The largest absolute Gasteiger partial charge is 0.289 e. The Morgan fingerprint density at radius 1 is 0.767 bits per heavy atom. The summed E-state index contributed by atoms with van der Waals surface area (Å²) in [7, 11) is 1.87. The standard InChI is InChI=1S/C17H14ClN3O.C12H10.C4H6.C3H6.C2H6/c1-11-15(10-21(2)20-11)16-8-5-13(9-19-16)17(22)12-3-6-14(18)7-4-12;1-3-7-11(8-4-1)12-9-5-2-6-10-12;1-3-4-2;1-3-2;1-2/h3-10H,1-2H3;1-10H;3-4H,1-2H2;3H,1H2,2H3;1-2H3. The summed E-state index contributed by atoms with van der Waals surface area (Å²) in [5.74, 6) is -0.0707. The van der Waals surface area contributed by atoms with Crippen molar-refractivity contribution in [2.45, 2.75) is 27.7 Å². The molecule has 2 aromatic heterocycles. The van der Waals surface area contributed by atoms with Crippen LogP contribution >= 0.6 is 11.6 Å². The van der Waals surface area contributed by atoms with Crippen molar-refractivity contribution in [3.05, 3.63) is 169 Å². The molecule has 0 aliphatic carbocycles. The molecule has 0 aliphatic heterocycles. The van der Waals surface area contributed by atoms with E-state index in [1.807, 2.05) is 59.1 Å². The fourth-order valence-corrected chi connectivity index (χ4v) is 3.69. The molecule has 0 N–H and O–H groups in total. The summed E-state index contributed by atoms with van der Waals surface area (Å²) in [6.07, 6.45) is 8.54. The number of rotatable bonds is 5. The average molecular weight is 592 g/mol. The minimum atomic E-state index is -0.0707. The molecule has 222 valence electrons. The predicted molar refractivity (Wildman–Crippen MR) is 186 cm³/mol. The van der Waals surface area contributed by atoms with Crippen molar-refractivity contribution in [2.75, 3.05) is 0 Å². The number of nitrogens with zero attached hydrogens (tertiary/aromatic N) is 3. The zero-order valence-electron chi connectivity index (χ0n) is 25.9. The predicted octanol–water partition coefficient (Wildman–Crippen LogP) is 10.6. The molecule has 0 spiro atoms. The lowest BCUT2D eigenvalue weighted by Crippen LogP contribution is -2.01. The first-order valence-corrected chi connectivity index (χ1v) is 14.4. The molecule has 0 atom stereocenters. The fraction of sp³-hybridized carbons (Fsp3) is 0.132. The number of halogens is 1. The van der Waals surface area contributed by atoms with Crippen LogP contribution in [0.1, 0.15) is 42.4 Å². The van der Waals surface area contributed by atoms with E-state index in [9.17, 15) is 4.79 Å². The molecule has 0 saturated heterocycles. The Hall–Kier alpha value is -4.80. The van der Waals surface area contributed by atoms with E-state index >= 15 is 0 Å². The van der Waals surface area contributed by atoms with Gasteiger partial charge in [-0.25, -0.2) is 0 Å². The van der Waals surface area contributed by atoms with Crippen molar-refractivity contribution in [3.8, 4) is 22.4 Å². The van der Waals surface area contributed by atoms with Crippen LogP contribution in [-0.4, -0.2) is 20.5 Å². The van der Waals surface area contributed by atoms with Gasteiger partial charge in [-0.2, -0.15) is 5.10 Å². The van der Waals surface area contributed by atoms with Crippen LogP contribution < -0.4 is 0 Å². The van der Waals surface area contributed by atoms with Crippen LogP contribution in [0.4, 0.5) is 0 Å². The third-order valence-electron chi connectivity index (χ3n) is 5.47. The van der Waals surface area contributed by atoms with Gasteiger partial charge in [0.05, 0.1) is 11.4 Å². The molecule has 0 fully saturated rings. The first-order valence-electron chi connectivity index (χ1n) is 14.0. The van der Waals surface area contributed by atoms with Crippen LogP contribution in [0, 0.1) is 6.92 Å². The van der Waals surface area contributed by atoms with Crippen LogP contribution in [0.2, 0.25) is 5.02 Å². The SMILES string of the molecule is C=CC.C=CC=C.CC.Cc1nn(C)cc1-c1ccc(C(=O)c2ccc(Cl)cc2)cn1.c1ccc(-c2ccccc2)cc1. The van der Waals surface area contributed by atoms with Gasteiger partial charge < -0.3 is 0 Å². The molecule has 5 aromatic rings. The zero-order chi connectivity index (χ0) is 32.0. The van der Waals surface area contributed by atoms with Crippen molar-refractivity contribution in [1.29, 1.82) is 0 Å². The van der Waals surface area contributed by atoms with Gasteiger partial charge in [0.2, 0.25) is 0 Å². The molecule has 0 aliphatic rings.